The van der Waals surface area contributed by atoms with E-state index in [1.54, 1.807) is 13.0 Å². The van der Waals surface area contributed by atoms with Crippen LogP contribution in [0.3, 0.4) is 0 Å². The number of hydrogen-bond acceptors (Lipinski definition) is 4. The van der Waals surface area contributed by atoms with E-state index in [4.69, 9.17) is 4.74 Å². The fourth-order valence-electron chi connectivity index (χ4n) is 1.62. The van der Waals surface area contributed by atoms with Gasteiger partial charge in [0.1, 0.15) is 0 Å². The fraction of sp³-hybridized carbons (Fsp3) is 0.579. The van der Waals surface area contributed by atoms with Crippen LogP contribution in [0.4, 0.5) is 0 Å². The van der Waals surface area contributed by atoms with Gasteiger partial charge in [0.05, 0.1) is 13.7 Å². The van der Waals surface area contributed by atoms with Crippen molar-refractivity contribution < 1.29 is 19.1 Å². The lowest BCUT2D eigenvalue weighted by Crippen LogP contribution is -2.14. The largest absolute Gasteiger partial charge is 0.466 e. The van der Waals surface area contributed by atoms with Crippen molar-refractivity contribution in [3.63, 3.8) is 0 Å². The molecule has 1 atom stereocenters. The van der Waals surface area contributed by atoms with Gasteiger partial charge < -0.3 is 9.47 Å². The van der Waals surface area contributed by atoms with Gasteiger partial charge in [0, 0.05) is 11.1 Å². The first-order chi connectivity index (χ1) is 10.8. The van der Waals surface area contributed by atoms with Crippen LogP contribution < -0.4 is 0 Å². The summed E-state index contributed by atoms with van der Waals surface area (Å²) in [6, 6.07) is 0. The molecule has 0 amide bonds. The van der Waals surface area contributed by atoms with Gasteiger partial charge in [-0.15, -0.1) is 6.58 Å². The third-order valence-corrected chi connectivity index (χ3v) is 3.21. The predicted octanol–water partition coefficient (Wildman–Crippen LogP) is 4.61. The third kappa shape index (κ3) is 13.5. The molecule has 0 aliphatic carbocycles. The molecule has 4 nitrogen and oxygen atoms in total. The van der Waals surface area contributed by atoms with Gasteiger partial charge in [-0.1, -0.05) is 52.3 Å². The van der Waals surface area contributed by atoms with Crippen LogP contribution in [-0.2, 0) is 19.1 Å². The summed E-state index contributed by atoms with van der Waals surface area (Å²) in [7, 11) is 1.33. The van der Waals surface area contributed by atoms with Gasteiger partial charge in [-0.25, -0.2) is 9.59 Å². The minimum absolute atomic E-state index is 0.264. The van der Waals surface area contributed by atoms with Crippen LogP contribution in [0.1, 0.15) is 52.9 Å². The van der Waals surface area contributed by atoms with Crippen LogP contribution in [0.2, 0.25) is 0 Å². The lowest BCUT2D eigenvalue weighted by molar-refractivity contribution is -0.140. The first kappa shape index (κ1) is 23.4. The van der Waals surface area contributed by atoms with E-state index in [0.717, 1.165) is 12.8 Å². The van der Waals surface area contributed by atoms with E-state index < -0.39 is 0 Å². The number of carbonyl (C=O) groups is 2. The highest BCUT2D eigenvalue weighted by atomic mass is 16.5. The fourth-order valence-corrected chi connectivity index (χ4v) is 1.62. The van der Waals surface area contributed by atoms with Gasteiger partial charge in [-0.05, 0) is 25.7 Å². The van der Waals surface area contributed by atoms with Gasteiger partial charge in [0.25, 0.3) is 0 Å². The summed E-state index contributed by atoms with van der Waals surface area (Å²) in [6.07, 6.45) is 6.74. The van der Waals surface area contributed by atoms with Crippen molar-refractivity contribution in [1.82, 2.24) is 0 Å². The Morgan fingerprint density at radius 1 is 1.17 bits per heavy atom. The molecule has 132 valence electrons. The van der Waals surface area contributed by atoms with Crippen LogP contribution in [-0.4, -0.2) is 25.7 Å². The monoisotopic (exact) mass is 324 g/mol. The first-order valence-electron chi connectivity index (χ1n) is 8.03. The zero-order valence-corrected chi connectivity index (χ0v) is 15.2. The molecule has 23 heavy (non-hydrogen) atoms. The summed E-state index contributed by atoms with van der Waals surface area (Å²) >= 11 is 0. The Labute approximate surface area is 141 Å². The quantitative estimate of drug-likeness (QED) is 0.334. The molecular weight excluding hydrogens is 292 g/mol. The average molecular weight is 324 g/mol. The van der Waals surface area contributed by atoms with E-state index in [0.29, 0.717) is 30.1 Å². The second kappa shape index (κ2) is 15.1. The molecule has 0 heterocycles. The number of hydrogen-bond donors (Lipinski definition) is 0. The Kier molecular flexibility index (Phi) is 15.4. The molecule has 0 fully saturated rings. The van der Waals surface area contributed by atoms with Crippen LogP contribution in [0.25, 0.3) is 0 Å². The Hall–Kier alpha value is -1.84. The summed E-state index contributed by atoms with van der Waals surface area (Å²) in [5.41, 5.74) is 0.919. The van der Waals surface area contributed by atoms with E-state index >= 15 is 0 Å². The topological polar surface area (TPSA) is 52.6 Å². The number of unbranched alkanes of at least 4 members (excludes halogenated alkanes) is 1. The van der Waals surface area contributed by atoms with E-state index in [-0.39, 0.29) is 11.9 Å². The Morgan fingerprint density at radius 2 is 1.78 bits per heavy atom. The predicted molar refractivity (Wildman–Crippen MR) is 95.0 cm³/mol. The maximum absolute atomic E-state index is 11.1. The Morgan fingerprint density at radius 3 is 2.17 bits per heavy atom. The summed E-state index contributed by atoms with van der Waals surface area (Å²) in [6.45, 7) is 17.0. The molecule has 0 aliphatic rings. The average Bonchev–Trinajstić information content (AvgIpc) is 2.54. The second-order valence-electron chi connectivity index (χ2n) is 5.38. The number of allylic oxidation sites excluding steroid dienone is 1. The van der Waals surface area contributed by atoms with Crippen molar-refractivity contribution in [2.24, 2.45) is 5.92 Å². The molecule has 0 aromatic rings. The second-order valence-corrected chi connectivity index (χ2v) is 5.38. The van der Waals surface area contributed by atoms with Crippen LogP contribution in [0, 0.1) is 5.92 Å². The summed E-state index contributed by atoms with van der Waals surface area (Å²) in [4.78, 5) is 21.6. The highest BCUT2D eigenvalue weighted by Crippen LogP contribution is 2.13. The number of rotatable bonds is 10. The molecule has 0 aliphatic heterocycles. The van der Waals surface area contributed by atoms with Gasteiger partial charge in [0.2, 0.25) is 0 Å². The number of methoxy groups -OCH3 is 1. The normalized spacial score (nSPS) is 10.6. The maximum atomic E-state index is 11.1. The summed E-state index contributed by atoms with van der Waals surface area (Å²) < 4.78 is 9.49. The highest BCUT2D eigenvalue weighted by molar-refractivity contribution is 5.87. The molecule has 0 aromatic carbocycles. The van der Waals surface area contributed by atoms with E-state index in [1.165, 1.54) is 20.0 Å². The van der Waals surface area contributed by atoms with Crippen LogP contribution in [0.15, 0.2) is 37.0 Å². The Bertz CT molecular complexity index is 396. The summed E-state index contributed by atoms with van der Waals surface area (Å²) in [5.74, 6) is -0.118. The molecule has 0 spiro atoms. The SMILES string of the molecule is C=C(C)C(=O)OCC(CC)CCCC.C=CCC(=C)C(=O)OC. The molecule has 0 saturated heterocycles. The molecule has 4 heteroatoms. The zero-order valence-electron chi connectivity index (χ0n) is 15.2. The van der Waals surface area contributed by atoms with Gasteiger partial charge >= 0.3 is 11.9 Å². The summed E-state index contributed by atoms with van der Waals surface area (Å²) in [5, 5.41) is 0. The maximum Gasteiger partial charge on any atom is 0.333 e. The van der Waals surface area contributed by atoms with Gasteiger partial charge in [-0.3, -0.25) is 0 Å². The molecule has 0 N–H and O–H groups in total. The van der Waals surface area contributed by atoms with E-state index in [9.17, 15) is 9.59 Å². The lowest BCUT2D eigenvalue weighted by atomic mass is 10.0. The standard InChI is InChI=1S/C12H22O2.C7H10O2/c1-5-7-8-11(6-2)9-14-12(13)10(3)4;1-4-5-6(2)7(8)9-3/h11H,3,5-9H2,1-2,4H3;4H,1-2,5H2,3H3. The van der Waals surface area contributed by atoms with Crippen molar-refractivity contribution in [1.29, 1.82) is 0 Å². The van der Waals surface area contributed by atoms with Gasteiger partial charge in [0.15, 0.2) is 0 Å². The molecule has 0 saturated carbocycles. The molecular formula is C19H32O4. The zero-order chi connectivity index (χ0) is 18.3. The van der Waals surface area contributed by atoms with Crippen LogP contribution >= 0.6 is 0 Å². The number of ether oxygens (including phenoxy) is 2. The van der Waals surface area contributed by atoms with Crippen molar-refractivity contribution >= 4 is 11.9 Å². The molecule has 0 aromatic heterocycles. The smallest absolute Gasteiger partial charge is 0.333 e. The van der Waals surface area contributed by atoms with Crippen molar-refractivity contribution in [3.8, 4) is 0 Å². The van der Waals surface area contributed by atoms with Crippen LogP contribution in [0.5, 0.6) is 0 Å². The van der Waals surface area contributed by atoms with Crippen molar-refractivity contribution in [2.75, 3.05) is 13.7 Å². The third-order valence-electron chi connectivity index (χ3n) is 3.21. The van der Waals surface area contributed by atoms with Crippen molar-refractivity contribution in [3.05, 3.63) is 37.0 Å². The first-order valence-corrected chi connectivity index (χ1v) is 8.03. The Balaban J connectivity index is 0. The van der Waals surface area contributed by atoms with Gasteiger partial charge in [-0.2, -0.15) is 0 Å². The molecule has 1 unspecified atom stereocenters. The lowest BCUT2D eigenvalue weighted by Gasteiger charge is -2.14. The number of esters is 2. The van der Waals surface area contributed by atoms with E-state index in [1.807, 2.05) is 0 Å². The molecule has 0 radical (unpaired) electrons. The minimum atomic E-state index is -0.366. The minimum Gasteiger partial charge on any atom is -0.466 e. The number of carbonyl (C=O) groups excluding carboxylic acids is 2. The highest BCUT2D eigenvalue weighted by Gasteiger charge is 2.09. The molecule has 0 bridgehead atoms. The van der Waals surface area contributed by atoms with E-state index in [2.05, 4.69) is 38.3 Å². The van der Waals surface area contributed by atoms with Crippen molar-refractivity contribution in [2.45, 2.75) is 52.9 Å². The molecule has 0 rings (SSSR count).